The minimum absolute atomic E-state index is 0.0403. The molecular formula is C19H30N4O2. The number of nitrogens with one attached hydrogen (secondary N) is 1. The summed E-state index contributed by atoms with van der Waals surface area (Å²) in [5.41, 5.74) is 1.37. The highest BCUT2D eigenvalue weighted by molar-refractivity contribution is 5.74. The Labute approximate surface area is 150 Å². The van der Waals surface area contributed by atoms with E-state index < -0.39 is 0 Å². The van der Waals surface area contributed by atoms with Gasteiger partial charge in [-0.05, 0) is 18.4 Å². The number of rotatable bonds is 5. The summed E-state index contributed by atoms with van der Waals surface area (Å²) in [6.07, 6.45) is 1.33. The highest BCUT2D eigenvalue weighted by Crippen LogP contribution is 2.10. The van der Waals surface area contributed by atoms with E-state index in [2.05, 4.69) is 45.4 Å². The Morgan fingerprint density at radius 2 is 1.80 bits per heavy atom. The maximum Gasteiger partial charge on any atom is 0.317 e. The SMILES string of the molecule is O=C(NCCN1CCN(Cc2ccccc2)CC1)N1CCCC(O)C1. The van der Waals surface area contributed by atoms with Gasteiger partial charge in [0.25, 0.3) is 0 Å². The number of aliphatic hydroxyl groups excluding tert-OH is 1. The van der Waals surface area contributed by atoms with Crippen LogP contribution >= 0.6 is 0 Å². The molecule has 6 nitrogen and oxygen atoms in total. The molecule has 0 spiro atoms. The summed E-state index contributed by atoms with van der Waals surface area (Å²) in [5.74, 6) is 0. The normalized spacial score (nSPS) is 22.8. The molecule has 6 heteroatoms. The fourth-order valence-corrected chi connectivity index (χ4v) is 3.58. The van der Waals surface area contributed by atoms with E-state index in [4.69, 9.17) is 0 Å². The Hall–Kier alpha value is -1.63. The average Bonchev–Trinajstić information content (AvgIpc) is 2.64. The van der Waals surface area contributed by atoms with Gasteiger partial charge in [0.05, 0.1) is 6.10 Å². The molecule has 1 atom stereocenters. The molecule has 2 saturated heterocycles. The number of benzene rings is 1. The quantitative estimate of drug-likeness (QED) is 0.834. The molecule has 2 aliphatic heterocycles. The van der Waals surface area contributed by atoms with Gasteiger partial charge in [0.1, 0.15) is 0 Å². The van der Waals surface area contributed by atoms with Crippen molar-refractivity contribution >= 4 is 6.03 Å². The van der Waals surface area contributed by atoms with Gasteiger partial charge >= 0.3 is 6.03 Å². The fraction of sp³-hybridized carbons (Fsp3) is 0.632. The van der Waals surface area contributed by atoms with Gasteiger partial charge in [0.2, 0.25) is 0 Å². The third-order valence-corrected chi connectivity index (χ3v) is 5.10. The van der Waals surface area contributed by atoms with Crippen molar-refractivity contribution in [2.75, 3.05) is 52.4 Å². The lowest BCUT2D eigenvalue weighted by molar-refractivity contribution is 0.0834. The van der Waals surface area contributed by atoms with Gasteiger partial charge in [-0.25, -0.2) is 4.79 Å². The molecule has 0 bridgehead atoms. The van der Waals surface area contributed by atoms with Crippen LogP contribution < -0.4 is 5.32 Å². The summed E-state index contributed by atoms with van der Waals surface area (Å²) in [7, 11) is 0. The first kappa shape index (κ1) is 18.2. The van der Waals surface area contributed by atoms with Crippen molar-refractivity contribution < 1.29 is 9.90 Å². The smallest absolute Gasteiger partial charge is 0.317 e. The van der Waals surface area contributed by atoms with E-state index in [-0.39, 0.29) is 12.1 Å². The Kier molecular flexibility index (Phi) is 6.67. The molecule has 0 aromatic heterocycles. The lowest BCUT2D eigenvalue weighted by Gasteiger charge is -2.35. The number of hydrogen-bond donors (Lipinski definition) is 2. The first-order valence-electron chi connectivity index (χ1n) is 9.40. The van der Waals surface area contributed by atoms with Crippen LogP contribution in [0.15, 0.2) is 30.3 Å². The van der Waals surface area contributed by atoms with E-state index >= 15 is 0 Å². The Balaban J connectivity index is 1.31. The molecular weight excluding hydrogens is 316 g/mol. The number of carbonyl (C=O) groups is 1. The molecule has 3 rings (SSSR count). The van der Waals surface area contributed by atoms with Crippen LogP contribution in [0.25, 0.3) is 0 Å². The summed E-state index contributed by atoms with van der Waals surface area (Å²) in [5, 5.41) is 12.6. The predicted octanol–water partition coefficient (Wildman–Crippen LogP) is 0.970. The topological polar surface area (TPSA) is 59.1 Å². The minimum atomic E-state index is -0.364. The van der Waals surface area contributed by atoms with Gasteiger partial charge in [-0.1, -0.05) is 30.3 Å². The maximum atomic E-state index is 12.1. The number of urea groups is 1. The second-order valence-corrected chi connectivity index (χ2v) is 7.08. The van der Waals surface area contributed by atoms with Gasteiger partial charge in [0.15, 0.2) is 0 Å². The maximum absolute atomic E-state index is 12.1. The van der Waals surface area contributed by atoms with Crippen molar-refractivity contribution in [2.24, 2.45) is 0 Å². The van der Waals surface area contributed by atoms with E-state index in [1.54, 1.807) is 4.90 Å². The molecule has 2 amide bonds. The number of piperidine rings is 1. The highest BCUT2D eigenvalue weighted by atomic mass is 16.3. The van der Waals surface area contributed by atoms with Gasteiger partial charge in [0, 0.05) is 58.9 Å². The molecule has 2 fully saturated rings. The van der Waals surface area contributed by atoms with Crippen LogP contribution in [0.2, 0.25) is 0 Å². The third kappa shape index (κ3) is 5.70. The number of piperazine rings is 1. The number of β-amino-alcohol motifs (C(OH)–C–C–N with tert-alkyl or cyclic N) is 1. The van der Waals surface area contributed by atoms with Crippen molar-refractivity contribution in [3.63, 3.8) is 0 Å². The number of nitrogens with zero attached hydrogens (tertiary/aromatic N) is 3. The van der Waals surface area contributed by atoms with Gasteiger partial charge in [-0.3, -0.25) is 9.80 Å². The monoisotopic (exact) mass is 346 g/mol. The summed E-state index contributed by atoms with van der Waals surface area (Å²) >= 11 is 0. The minimum Gasteiger partial charge on any atom is -0.391 e. The Bertz CT molecular complexity index is 531. The van der Waals surface area contributed by atoms with Crippen molar-refractivity contribution in [3.05, 3.63) is 35.9 Å². The lowest BCUT2D eigenvalue weighted by Crippen LogP contribution is -2.50. The number of likely N-dealkylation sites (tertiary alicyclic amines) is 1. The summed E-state index contributed by atoms with van der Waals surface area (Å²) in [4.78, 5) is 18.7. The predicted molar refractivity (Wildman–Crippen MR) is 98.4 cm³/mol. The number of hydrogen-bond acceptors (Lipinski definition) is 4. The summed E-state index contributed by atoms with van der Waals surface area (Å²) in [6.45, 7) is 8.03. The van der Waals surface area contributed by atoms with Crippen molar-refractivity contribution in [2.45, 2.75) is 25.5 Å². The van der Waals surface area contributed by atoms with Crippen molar-refractivity contribution in [3.8, 4) is 0 Å². The average molecular weight is 346 g/mol. The second-order valence-electron chi connectivity index (χ2n) is 7.08. The van der Waals surface area contributed by atoms with Crippen LogP contribution in [-0.4, -0.2) is 84.3 Å². The summed E-state index contributed by atoms with van der Waals surface area (Å²) in [6, 6.07) is 10.6. The van der Waals surface area contributed by atoms with E-state index in [0.717, 1.165) is 58.7 Å². The molecule has 0 aliphatic carbocycles. The van der Waals surface area contributed by atoms with Crippen LogP contribution in [0.3, 0.4) is 0 Å². The van der Waals surface area contributed by atoms with E-state index in [0.29, 0.717) is 13.1 Å². The Morgan fingerprint density at radius 1 is 1.08 bits per heavy atom. The molecule has 138 valence electrons. The highest BCUT2D eigenvalue weighted by Gasteiger charge is 2.22. The van der Waals surface area contributed by atoms with E-state index in [1.807, 2.05) is 0 Å². The summed E-state index contributed by atoms with van der Waals surface area (Å²) < 4.78 is 0. The van der Waals surface area contributed by atoms with Crippen molar-refractivity contribution in [1.29, 1.82) is 0 Å². The molecule has 1 aromatic carbocycles. The first-order valence-corrected chi connectivity index (χ1v) is 9.40. The number of amides is 2. The molecule has 25 heavy (non-hydrogen) atoms. The van der Waals surface area contributed by atoms with Crippen LogP contribution in [0, 0.1) is 0 Å². The number of carbonyl (C=O) groups excluding carboxylic acids is 1. The van der Waals surface area contributed by atoms with Crippen LogP contribution in [0.4, 0.5) is 4.79 Å². The molecule has 1 aromatic rings. The van der Waals surface area contributed by atoms with Gasteiger partial charge in [-0.15, -0.1) is 0 Å². The van der Waals surface area contributed by atoms with Gasteiger partial charge in [-0.2, -0.15) is 0 Å². The zero-order chi connectivity index (χ0) is 17.5. The standard InChI is InChI=1S/C19H30N4O2/c24-18-7-4-9-23(16-18)19(25)20-8-10-21-11-13-22(14-12-21)15-17-5-2-1-3-6-17/h1-3,5-6,18,24H,4,7-16H2,(H,20,25). The molecule has 2 aliphatic rings. The van der Waals surface area contributed by atoms with Crippen LogP contribution in [0.1, 0.15) is 18.4 Å². The van der Waals surface area contributed by atoms with Crippen molar-refractivity contribution in [1.82, 2.24) is 20.0 Å². The zero-order valence-electron chi connectivity index (χ0n) is 14.9. The number of aliphatic hydroxyl groups is 1. The lowest BCUT2D eigenvalue weighted by atomic mass is 10.1. The van der Waals surface area contributed by atoms with E-state index in [1.165, 1.54) is 5.56 Å². The second kappa shape index (κ2) is 9.17. The largest absolute Gasteiger partial charge is 0.391 e. The zero-order valence-corrected chi connectivity index (χ0v) is 14.9. The molecule has 2 N–H and O–H groups in total. The third-order valence-electron chi connectivity index (χ3n) is 5.10. The van der Waals surface area contributed by atoms with E-state index in [9.17, 15) is 9.90 Å². The van der Waals surface area contributed by atoms with Gasteiger partial charge < -0.3 is 15.3 Å². The van der Waals surface area contributed by atoms with Crippen LogP contribution in [0.5, 0.6) is 0 Å². The molecule has 0 saturated carbocycles. The molecule has 0 radical (unpaired) electrons. The Morgan fingerprint density at radius 3 is 2.52 bits per heavy atom. The molecule has 1 unspecified atom stereocenters. The fourth-order valence-electron chi connectivity index (χ4n) is 3.58. The molecule has 2 heterocycles. The van der Waals surface area contributed by atoms with Crippen LogP contribution in [-0.2, 0) is 6.54 Å². The first-order chi connectivity index (χ1) is 12.2.